The van der Waals surface area contributed by atoms with Crippen molar-refractivity contribution in [3.63, 3.8) is 0 Å². The molecule has 0 bridgehead atoms. The molecule has 12 nitrogen and oxygen atoms in total. The van der Waals surface area contributed by atoms with Crippen molar-refractivity contribution >= 4 is 88.0 Å². The summed E-state index contributed by atoms with van der Waals surface area (Å²) in [5.41, 5.74) is 12.5. The second-order valence-corrected chi connectivity index (χ2v) is 15.2. The Morgan fingerprint density at radius 3 is 1.31 bits per heavy atom. The van der Waals surface area contributed by atoms with Crippen molar-refractivity contribution in [1.29, 1.82) is 0 Å². The standard InChI is InChI=1S/C50H48N4O8/c1-3-5-19-59-21-23-61-42-25-32-40(55)27-38(53-36-13-9-7-11-34(36)51)49(57)47(32)45-30(42)17-15-29-16-18-31-43(62-24-22-60-20-6-4-2)26-33-41(56)28-39(50(58)48(33)46(31)44(29)45)54-37-14-10-8-12-35(37)52/h7-18,25-28,53-54H,3-6,19-24,51-52H2,1-2H3. The predicted octanol–water partition coefficient (Wildman–Crippen LogP) is 8.81. The molecule has 0 aromatic heterocycles. The van der Waals surface area contributed by atoms with E-state index in [0.29, 0.717) is 93.0 Å². The Bertz CT molecular complexity index is 2990. The molecule has 0 aliphatic carbocycles. The van der Waals surface area contributed by atoms with Crippen LogP contribution in [0.4, 0.5) is 34.1 Å². The highest BCUT2D eigenvalue weighted by molar-refractivity contribution is 6.33. The second kappa shape index (κ2) is 18.3. The number of anilines is 6. The number of nitrogen functional groups attached to an aromatic ring is 2. The van der Waals surface area contributed by atoms with Crippen LogP contribution in [-0.2, 0) is 9.47 Å². The summed E-state index contributed by atoms with van der Waals surface area (Å²) >= 11 is 0. The van der Waals surface area contributed by atoms with E-state index in [-0.39, 0.29) is 46.1 Å². The molecule has 0 heterocycles. The molecule has 0 spiro atoms. The number of rotatable bonds is 18. The Hall–Kier alpha value is -7.02. The van der Waals surface area contributed by atoms with Gasteiger partial charge < -0.3 is 41.0 Å². The first-order valence-electron chi connectivity index (χ1n) is 21.0. The summed E-state index contributed by atoms with van der Waals surface area (Å²) in [5, 5.41) is 9.55. The van der Waals surface area contributed by atoms with E-state index in [1.54, 1.807) is 60.7 Å². The minimum atomic E-state index is -0.471. The van der Waals surface area contributed by atoms with E-state index < -0.39 is 21.7 Å². The normalized spacial score (nSPS) is 11.6. The third-order valence-electron chi connectivity index (χ3n) is 11.0. The summed E-state index contributed by atoms with van der Waals surface area (Å²) in [6.07, 6.45) is 3.78. The molecule has 316 valence electrons. The van der Waals surface area contributed by atoms with Gasteiger partial charge in [0.1, 0.15) is 24.7 Å². The number of fused-ring (bicyclic) bond motifs is 9. The second-order valence-electron chi connectivity index (χ2n) is 15.2. The Morgan fingerprint density at radius 2 is 0.887 bits per heavy atom. The Kier molecular flexibility index (Phi) is 12.3. The molecular formula is C50H48N4O8. The highest BCUT2D eigenvalue weighted by atomic mass is 16.5. The molecule has 0 aliphatic heterocycles. The van der Waals surface area contributed by atoms with Crippen LogP contribution < -0.4 is 53.3 Å². The molecule has 8 aromatic rings. The zero-order valence-electron chi connectivity index (χ0n) is 34.7. The van der Waals surface area contributed by atoms with Crippen LogP contribution in [0.2, 0.25) is 0 Å². The molecule has 0 saturated heterocycles. The average Bonchev–Trinajstić information content (AvgIpc) is 3.27. The van der Waals surface area contributed by atoms with Gasteiger partial charge in [0.05, 0.1) is 47.3 Å². The van der Waals surface area contributed by atoms with Crippen molar-refractivity contribution in [2.75, 3.05) is 61.7 Å². The molecular weight excluding hydrogens is 785 g/mol. The number of benzene rings is 8. The Balaban J connectivity index is 1.47. The fraction of sp³-hybridized carbons (Fsp3) is 0.240. The van der Waals surface area contributed by atoms with Gasteiger partial charge in [-0.1, -0.05) is 63.1 Å². The molecule has 0 atom stereocenters. The largest absolute Gasteiger partial charge is 0.491 e. The fourth-order valence-electron chi connectivity index (χ4n) is 7.91. The molecule has 0 aliphatic rings. The lowest BCUT2D eigenvalue weighted by molar-refractivity contribution is 0.0986. The van der Waals surface area contributed by atoms with Crippen LogP contribution >= 0.6 is 0 Å². The minimum Gasteiger partial charge on any atom is -0.491 e. The maximum atomic E-state index is 15.0. The van der Waals surface area contributed by atoms with E-state index in [2.05, 4.69) is 24.5 Å². The lowest BCUT2D eigenvalue weighted by Crippen LogP contribution is -2.17. The molecule has 0 unspecified atom stereocenters. The monoisotopic (exact) mass is 832 g/mol. The van der Waals surface area contributed by atoms with Crippen molar-refractivity contribution in [1.82, 2.24) is 0 Å². The number of hydrogen-bond donors (Lipinski definition) is 4. The van der Waals surface area contributed by atoms with Gasteiger partial charge in [-0.05, 0) is 72.1 Å². The number of ether oxygens (including phenoxy) is 4. The molecule has 0 amide bonds. The molecule has 62 heavy (non-hydrogen) atoms. The van der Waals surface area contributed by atoms with Crippen LogP contribution in [0.15, 0.2) is 116 Å². The van der Waals surface area contributed by atoms with E-state index in [1.165, 1.54) is 12.1 Å². The summed E-state index contributed by atoms with van der Waals surface area (Å²) in [6, 6.07) is 27.1. The first-order chi connectivity index (χ1) is 30.2. The SMILES string of the molecule is CCCCOCCOc1cc2c(=O)cc(Nc3ccccc3N)c(=O)c2c2c1ccc1ccc3c(OCCOCCCC)cc4c(=O)cc(Nc5ccccc5N)c(=O)c4c3c12. The van der Waals surface area contributed by atoms with Crippen molar-refractivity contribution in [2.45, 2.75) is 39.5 Å². The quantitative estimate of drug-likeness (QED) is 0.0367. The third-order valence-corrected chi connectivity index (χ3v) is 11.0. The van der Waals surface area contributed by atoms with E-state index in [1.807, 2.05) is 24.3 Å². The molecule has 0 saturated carbocycles. The fourth-order valence-corrected chi connectivity index (χ4v) is 7.91. The van der Waals surface area contributed by atoms with E-state index in [0.717, 1.165) is 25.7 Å². The van der Waals surface area contributed by atoms with Crippen LogP contribution in [0.1, 0.15) is 39.5 Å². The van der Waals surface area contributed by atoms with Gasteiger partial charge in [0.25, 0.3) is 0 Å². The van der Waals surface area contributed by atoms with Crippen LogP contribution in [0, 0.1) is 0 Å². The molecule has 8 aromatic carbocycles. The van der Waals surface area contributed by atoms with Crippen molar-refractivity contribution in [3.8, 4) is 11.5 Å². The minimum absolute atomic E-state index is 0.0205. The van der Waals surface area contributed by atoms with Gasteiger partial charge in [-0.15, -0.1) is 0 Å². The zero-order chi connectivity index (χ0) is 43.3. The van der Waals surface area contributed by atoms with E-state index >= 15 is 0 Å². The van der Waals surface area contributed by atoms with Crippen LogP contribution in [-0.4, -0.2) is 39.6 Å². The van der Waals surface area contributed by atoms with Crippen LogP contribution in [0.5, 0.6) is 11.5 Å². The Labute approximate surface area is 356 Å². The summed E-state index contributed by atoms with van der Waals surface area (Å²) < 4.78 is 24.4. The lowest BCUT2D eigenvalue weighted by Gasteiger charge is -2.18. The number of nitrogens with one attached hydrogen (secondary N) is 2. The van der Waals surface area contributed by atoms with Gasteiger partial charge in [-0.25, -0.2) is 0 Å². The van der Waals surface area contributed by atoms with Gasteiger partial charge in [0.2, 0.25) is 10.9 Å². The number of unbranched alkanes of at least 4 members (excludes halogenated alkanes) is 2. The van der Waals surface area contributed by atoms with Crippen molar-refractivity contribution < 1.29 is 18.9 Å². The molecule has 0 fully saturated rings. The highest BCUT2D eigenvalue weighted by Crippen LogP contribution is 2.43. The predicted molar refractivity (Wildman–Crippen MR) is 252 cm³/mol. The van der Waals surface area contributed by atoms with E-state index in [4.69, 9.17) is 30.4 Å². The van der Waals surface area contributed by atoms with Gasteiger partial charge in [0.15, 0.2) is 10.9 Å². The number of nitrogens with two attached hydrogens (primary N) is 2. The van der Waals surface area contributed by atoms with E-state index in [9.17, 15) is 19.2 Å². The molecule has 8 rings (SSSR count). The Morgan fingerprint density at radius 1 is 0.452 bits per heavy atom. The molecule has 12 heteroatoms. The van der Waals surface area contributed by atoms with Crippen LogP contribution in [0.25, 0.3) is 53.9 Å². The summed E-state index contributed by atoms with van der Waals surface area (Å²) in [5.74, 6) is 0.703. The highest BCUT2D eigenvalue weighted by Gasteiger charge is 2.24. The summed E-state index contributed by atoms with van der Waals surface area (Å²) in [4.78, 5) is 58.5. The topological polar surface area (TPSA) is 181 Å². The van der Waals surface area contributed by atoms with Gasteiger partial charge in [-0.2, -0.15) is 0 Å². The van der Waals surface area contributed by atoms with Gasteiger partial charge >= 0.3 is 0 Å². The maximum absolute atomic E-state index is 15.0. The van der Waals surface area contributed by atoms with Crippen molar-refractivity contribution in [2.24, 2.45) is 0 Å². The first kappa shape index (κ1) is 41.7. The van der Waals surface area contributed by atoms with Gasteiger partial charge in [0, 0.05) is 68.4 Å². The number of para-hydroxylation sites is 4. The third kappa shape index (κ3) is 8.09. The smallest absolute Gasteiger partial charge is 0.210 e. The molecule has 0 radical (unpaired) electrons. The lowest BCUT2D eigenvalue weighted by atomic mass is 9.89. The van der Waals surface area contributed by atoms with Crippen LogP contribution in [0.3, 0.4) is 0 Å². The van der Waals surface area contributed by atoms with Gasteiger partial charge in [-0.3, -0.25) is 19.2 Å². The summed E-state index contributed by atoms with van der Waals surface area (Å²) in [6.45, 7) is 6.28. The zero-order valence-corrected chi connectivity index (χ0v) is 34.7. The maximum Gasteiger partial charge on any atom is 0.210 e. The van der Waals surface area contributed by atoms with Crippen molar-refractivity contribution in [3.05, 3.63) is 138 Å². The number of hydrogen-bond acceptors (Lipinski definition) is 12. The first-order valence-corrected chi connectivity index (χ1v) is 21.0. The summed E-state index contributed by atoms with van der Waals surface area (Å²) in [7, 11) is 0. The average molecular weight is 833 g/mol. The molecule has 6 N–H and O–H groups in total.